The number of carbonyl (C=O) groups is 1. The zero-order chi connectivity index (χ0) is 22.1. The molecule has 1 saturated heterocycles. The van der Waals surface area contributed by atoms with Crippen LogP contribution in [0.1, 0.15) is 41.6 Å². The third-order valence-corrected chi connectivity index (χ3v) is 6.30. The topological polar surface area (TPSA) is 85.0 Å². The molecule has 2 aliphatic rings. The minimum absolute atomic E-state index is 0.0829. The van der Waals surface area contributed by atoms with Gasteiger partial charge < -0.3 is 14.5 Å². The summed E-state index contributed by atoms with van der Waals surface area (Å²) in [4.78, 5) is 34.2. The lowest BCUT2D eigenvalue weighted by molar-refractivity contribution is 0.0724. The van der Waals surface area contributed by atoms with Crippen molar-refractivity contribution >= 4 is 23.1 Å². The minimum Gasteiger partial charge on any atom is -0.383 e. The Morgan fingerprint density at radius 2 is 1.97 bits per heavy atom. The van der Waals surface area contributed by atoms with Crippen molar-refractivity contribution in [1.82, 2.24) is 24.1 Å². The van der Waals surface area contributed by atoms with Gasteiger partial charge in [0.25, 0.3) is 5.91 Å². The average Bonchev–Trinajstić information content (AvgIpc) is 3.16. The second kappa shape index (κ2) is 8.74. The van der Waals surface area contributed by atoms with E-state index in [4.69, 9.17) is 9.72 Å². The molecular formula is C23H28N6O3. The number of likely N-dealkylation sites (tertiary alicyclic amines) is 1. The fourth-order valence-electron chi connectivity index (χ4n) is 4.61. The van der Waals surface area contributed by atoms with Crippen LogP contribution in [0, 0.1) is 0 Å². The Labute approximate surface area is 186 Å². The molecule has 1 amide bonds. The maximum absolute atomic E-state index is 12.9. The van der Waals surface area contributed by atoms with Gasteiger partial charge in [-0.05, 0) is 49.8 Å². The zero-order valence-corrected chi connectivity index (χ0v) is 18.4. The molecule has 0 N–H and O–H groups in total. The first-order chi connectivity index (χ1) is 15.7. The largest absolute Gasteiger partial charge is 0.383 e. The number of hydrogen-bond donors (Lipinski definition) is 0. The molecule has 32 heavy (non-hydrogen) atoms. The Morgan fingerprint density at radius 1 is 1.12 bits per heavy atom. The number of nitrogens with zero attached hydrogens (tertiary/aromatic N) is 6. The SMILES string of the molecule is COCCn1nc2cc(N3CCCc4cc(C(=O)N5CCCCC5)cnc43)ccn2c1=O. The fraction of sp³-hybridized carbons (Fsp3) is 0.478. The number of amides is 1. The molecule has 0 radical (unpaired) electrons. The van der Waals surface area contributed by atoms with Gasteiger partial charge in [0.05, 0.1) is 18.7 Å². The molecule has 0 aromatic carbocycles. The number of aryl methyl sites for hydroxylation is 1. The predicted molar refractivity (Wildman–Crippen MR) is 121 cm³/mol. The molecule has 0 atom stereocenters. The van der Waals surface area contributed by atoms with Gasteiger partial charge in [-0.15, -0.1) is 5.10 Å². The quantitative estimate of drug-likeness (QED) is 0.610. The number of anilines is 2. The monoisotopic (exact) mass is 436 g/mol. The van der Waals surface area contributed by atoms with Crippen molar-refractivity contribution in [3.8, 4) is 0 Å². The highest BCUT2D eigenvalue weighted by atomic mass is 16.5. The third-order valence-electron chi connectivity index (χ3n) is 6.30. The Balaban J connectivity index is 1.44. The Kier molecular flexibility index (Phi) is 5.65. The van der Waals surface area contributed by atoms with Gasteiger partial charge in [0, 0.05) is 50.9 Å². The van der Waals surface area contributed by atoms with E-state index in [1.165, 1.54) is 15.5 Å². The molecule has 0 spiro atoms. The second-order valence-corrected chi connectivity index (χ2v) is 8.43. The molecule has 5 heterocycles. The van der Waals surface area contributed by atoms with Gasteiger partial charge in [-0.25, -0.2) is 14.5 Å². The van der Waals surface area contributed by atoms with Gasteiger partial charge in [0.15, 0.2) is 5.65 Å². The number of piperidine rings is 1. The summed E-state index contributed by atoms with van der Waals surface area (Å²) in [6.45, 7) is 3.33. The first kappa shape index (κ1) is 20.7. The summed E-state index contributed by atoms with van der Waals surface area (Å²) in [5.74, 6) is 0.955. The Morgan fingerprint density at radius 3 is 2.78 bits per heavy atom. The highest BCUT2D eigenvalue weighted by Gasteiger charge is 2.24. The van der Waals surface area contributed by atoms with Crippen LogP contribution in [0.25, 0.3) is 5.65 Å². The van der Waals surface area contributed by atoms with E-state index in [0.29, 0.717) is 24.4 Å². The number of methoxy groups -OCH3 is 1. The summed E-state index contributed by atoms with van der Waals surface area (Å²) < 4.78 is 8.03. The number of ether oxygens (including phenoxy) is 1. The highest BCUT2D eigenvalue weighted by molar-refractivity contribution is 5.94. The van der Waals surface area contributed by atoms with Crippen molar-refractivity contribution < 1.29 is 9.53 Å². The zero-order valence-electron chi connectivity index (χ0n) is 18.4. The van der Waals surface area contributed by atoms with E-state index in [-0.39, 0.29) is 11.6 Å². The van der Waals surface area contributed by atoms with Gasteiger partial charge in [-0.1, -0.05) is 0 Å². The molecule has 0 saturated carbocycles. The van der Waals surface area contributed by atoms with E-state index in [1.807, 2.05) is 23.1 Å². The van der Waals surface area contributed by atoms with Crippen molar-refractivity contribution in [1.29, 1.82) is 0 Å². The van der Waals surface area contributed by atoms with E-state index in [0.717, 1.165) is 62.4 Å². The van der Waals surface area contributed by atoms with Crippen LogP contribution in [0.4, 0.5) is 11.5 Å². The lowest BCUT2D eigenvalue weighted by Crippen LogP contribution is -2.36. The number of aromatic nitrogens is 4. The van der Waals surface area contributed by atoms with Crippen molar-refractivity contribution in [3.63, 3.8) is 0 Å². The molecule has 3 aromatic rings. The van der Waals surface area contributed by atoms with Crippen LogP contribution < -0.4 is 10.6 Å². The summed E-state index contributed by atoms with van der Waals surface area (Å²) in [6.07, 6.45) is 8.67. The lowest BCUT2D eigenvalue weighted by atomic mass is 10.0. The Hall–Kier alpha value is -3.20. The van der Waals surface area contributed by atoms with Gasteiger partial charge in [-0.2, -0.15) is 0 Å². The fourth-order valence-corrected chi connectivity index (χ4v) is 4.61. The highest BCUT2D eigenvalue weighted by Crippen LogP contribution is 2.32. The normalized spacial score (nSPS) is 16.4. The lowest BCUT2D eigenvalue weighted by Gasteiger charge is -2.31. The predicted octanol–water partition coefficient (Wildman–Crippen LogP) is 2.25. The number of hydrogen-bond acceptors (Lipinski definition) is 6. The molecule has 2 aliphatic heterocycles. The van der Waals surface area contributed by atoms with Crippen LogP contribution in [0.2, 0.25) is 0 Å². The second-order valence-electron chi connectivity index (χ2n) is 8.43. The summed E-state index contributed by atoms with van der Waals surface area (Å²) in [5, 5.41) is 4.44. The van der Waals surface area contributed by atoms with Crippen LogP contribution >= 0.6 is 0 Å². The van der Waals surface area contributed by atoms with E-state index in [9.17, 15) is 9.59 Å². The minimum atomic E-state index is -0.179. The van der Waals surface area contributed by atoms with Crippen molar-refractivity contribution in [3.05, 3.63) is 52.2 Å². The maximum Gasteiger partial charge on any atom is 0.350 e. The van der Waals surface area contributed by atoms with E-state index in [1.54, 1.807) is 19.5 Å². The number of fused-ring (bicyclic) bond motifs is 2. The van der Waals surface area contributed by atoms with Crippen LogP contribution in [-0.2, 0) is 17.7 Å². The standard InChI is InChI=1S/C23H28N6O3/c1-32-13-12-29-23(31)28-11-7-19(15-20(28)25-29)27-10-5-6-17-14-18(16-24-21(17)27)22(30)26-8-3-2-4-9-26/h7,11,14-16H,2-6,8-10,12-13H2,1H3. The molecule has 9 nitrogen and oxygen atoms in total. The average molecular weight is 437 g/mol. The molecule has 168 valence electrons. The molecule has 3 aromatic heterocycles. The molecule has 9 heteroatoms. The summed E-state index contributed by atoms with van der Waals surface area (Å²) in [7, 11) is 1.60. The van der Waals surface area contributed by atoms with Crippen molar-refractivity contribution in [2.75, 3.05) is 38.3 Å². The van der Waals surface area contributed by atoms with Gasteiger partial charge in [0.2, 0.25) is 0 Å². The molecular weight excluding hydrogens is 408 g/mol. The molecule has 0 bridgehead atoms. The molecule has 5 rings (SSSR count). The van der Waals surface area contributed by atoms with Gasteiger partial charge >= 0.3 is 5.69 Å². The van der Waals surface area contributed by atoms with Gasteiger partial charge in [-0.3, -0.25) is 9.20 Å². The third kappa shape index (κ3) is 3.77. The van der Waals surface area contributed by atoms with E-state index < -0.39 is 0 Å². The smallest absolute Gasteiger partial charge is 0.350 e. The van der Waals surface area contributed by atoms with E-state index >= 15 is 0 Å². The van der Waals surface area contributed by atoms with Crippen molar-refractivity contribution in [2.24, 2.45) is 0 Å². The first-order valence-electron chi connectivity index (χ1n) is 11.3. The van der Waals surface area contributed by atoms with Crippen LogP contribution in [0.3, 0.4) is 0 Å². The number of carbonyl (C=O) groups excluding carboxylic acids is 1. The summed E-state index contributed by atoms with van der Waals surface area (Å²) >= 11 is 0. The Bertz CT molecular complexity index is 1190. The summed E-state index contributed by atoms with van der Waals surface area (Å²) in [6, 6.07) is 5.84. The molecule has 0 unspecified atom stereocenters. The number of pyridine rings is 2. The summed E-state index contributed by atoms with van der Waals surface area (Å²) in [5.41, 5.74) is 3.10. The molecule has 1 fully saturated rings. The van der Waals surface area contributed by atoms with Crippen molar-refractivity contribution in [2.45, 2.75) is 38.6 Å². The first-order valence-corrected chi connectivity index (χ1v) is 11.3. The number of rotatable bonds is 5. The maximum atomic E-state index is 12.9. The van der Waals surface area contributed by atoms with Crippen LogP contribution in [0.15, 0.2) is 35.4 Å². The van der Waals surface area contributed by atoms with Crippen LogP contribution in [0.5, 0.6) is 0 Å². The van der Waals surface area contributed by atoms with E-state index in [2.05, 4.69) is 10.00 Å². The van der Waals surface area contributed by atoms with Gasteiger partial charge in [0.1, 0.15) is 5.82 Å². The van der Waals surface area contributed by atoms with Crippen LogP contribution in [-0.4, -0.2) is 63.3 Å². The molecule has 0 aliphatic carbocycles.